The summed E-state index contributed by atoms with van der Waals surface area (Å²) in [7, 11) is 0. The second kappa shape index (κ2) is 6.88. The van der Waals surface area contributed by atoms with Gasteiger partial charge in [-0.05, 0) is 25.3 Å². The first kappa shape index (κ1) is 14.5. The largest absolute Gasteiger partial charge is 0.480 e. The van der Waals surface area contributed by atoms with Crippen molar-refractivity contribution in [1.29, 1.82) is 0 Å². The van der Waals surface area contributed by atoms with Crippen molar-refractivity contribution in [1.82, 2.24) is 4.90 Å². The van der Waals surface area contributed by atoms with Gasteiger partial charge in [-0.2, -0.15) is 0 Å². The summed E-state index contributed by atoms with van der Waals surface area (Å²) in [5, 5.41) is 9.20. The van der Waals surface area contributed by atoms with Gasteiger partial charge in [0.15, 0.2) is 0 Å². The molecule has 3 nitrogen and oxygen atoms in total. The molecule has 0 aromatic heterocycles. The first-order chi connectivity index (χ1) is 7.40. The van der Waals surface area contributed by atoms with E-state index in [9.17, 15) is 9.90 Å². The Morgan fingerprint density at radius 1 is 1.50 bits per heavy atom. The molecule has 0 aromatic carbocycles. The van der Waals surface area contributed by atoms with Gasteiger partial charge in [-0.3, -0.25) is 0 Å². The highest BCUT2D eigenvalue weighted by Gasteiger charge is 2.24. The van der Waals surface area contributed by atoms with Gasteiger partial charge in [0, 0.05) is 11.9 Å². The minimum atomic E-state index is -0.828. The Morgan fingerprint density at radius 3 is 2.38 bits per heavy atom. The minimum absolute atomic E-state index is 0.320. The van der Waals surface area contributed by atoms with Crippen molar-refractivity contribution in [3.8, 4) is 0 Å². The SMILES string of the molecule is C=C/C=C\N(C(=C)C)C(CC(C)C)C(=O)O. The lowest BCUT2D eigenvalue weighted by Crippen LogP contribution is -2.37. The quantitative estimate of drug-likeness (QED) is 0.674. The van der Waals surface area contributed by atoms with E-state index in [-0.39, 0.29) is 0 Å². The molecule has 0 rings (SSSR count). The molecule has 16 heavy (non-hydrogen) atoms. The second-order valence-electron chi connectivity index (χ2n) is 4.20. The van der Waals surface area contributed by atoms with E-state index >= 15 is 0 Å². The highest BCUT2D eigenvalue weighted by Crippen LogP contribution is 2.16. The number of carboxylic acid groups (broad SMARTS) is 1. The van der Waals surface area contributed by atoms with Gasteiger partial charge in [0.25, 0.3) is 0 Å². The van der Waals surface area contributed by atoms with Gasteiger partial charge in [-0.25, -0.2) is 4.79 Å². The third-order valence-corrected chi connectivity index (χ3v) is 2.14. The summed E-state index contributed by atoms with van der Waals surface area (Å²) in [5.41, 5.74) is 0.714. The number of allylic oxidation sites excluding steroid dienone is 3. The molecule has 1 N–H and O–H groups in total. The number of rotatable bonds is 7. The first-order valence-corrected chi connectivity index (χ1v) is 5.36. The molecule has 1 atom stereocenters. The van der Waals surface area contributed by atoms with Crippen LogP contribution in [-0.4, -0.2) is 22.0 Å². The number of nitrogens with zero attached hydrogens (tertiary/aromatic N) is 1. The molecular formula is C13H21NO2. The monoisotopic (exact) mass is 223 g/mol. The summed E-state index contributed by atoms with van der Waals surface area (Å²) in [6.07, 6.45) is 5.62. The average molecular weight is 223 g/mol. The number of hydrogen-bond donors (Lipinski definition) is 1. The van der Waals surface area contributed by atoms with Crippen molar-refractivity contribution in [3.05, 3.63) is 37.2 Å². The molecule has 0 bridgehead atoms. The number of carbonyl (C=O) groups is 1. The van der Waals surface area contributed by atoms with Gasteiger partial charge in [0.2, 0.25) is 0 Å². The maximum absolute atomic E-state index is 11.2. The van der Waals surface area contributed by atoms with Crippen LogP contribution in [0.15, 0.2) is 37.2 Å². The highest BCUT2D eigenvalue weighted by atomic mass is 16.4. The molecule has 0 aliphatic heterocycles. The molecule has 0 amide bonds. The van der Waals surface area contributed by atoms with Gasteiger partial charge < -0.3 is 10.0 Å². The van der Waals surface area contributed by atoms with Crippen molar-refractivity contribution in [2.45, 2.75) is 33.2 Å². The zero-order valence-corrected chi connectivity index (χ0v) is 10.3. The van der Waals surface area contributed by atoms with Gasteiger partial charge in [-0.15, -0.1) is 0 Å². The Balaban J connectivity index is 4.93. The van der Waals surface area contributed by atoms with E-state index in [0.717, 1.165) is 0 Å². The number of aliphatic carboxylic acids is 1. The molecule has 0 saturated heterocycles. The Kier molecular flexibility index (Phi) is 6.23. The van der Waals surface area contributed by atoms with Crippen LogP contribution in [0.4, 0.5) is 0 Å². The van der Waals surface area contributed by atoms with Crippen LogP contribution in [0, 0.1) is 5.92 Å². The van der Waals surface area contributed by atoms with Crippen LogP contribution in [0.25, 0.3) is 0 Å². The lowest BCUT2D eigenvalue weighted by Gasteiger charge is -2.28. The van der Waals surface area contributed by atoms with Crippen LogP contribution >= 0.6 is 0 Å². The standard InChI is InChI=1S/C13H21NO2/c1-6-7-8-14(11(4)5)12(13(15)16)9-10(2)3/h6-8,10,12H,1,4,9H2,2-3,5H3,(H,15,16)/b8-7-. The topological polar surface area (TPSA) is 40.5 Å². The third-order valence-electron chi connectivity index (χ3n) is 2.14. The summed E-state index contributed by atoms with van der Waals surface area (Å²) < 4.78 is 0. The van der Waals surface area contributed by atoms with Gasteiger partial charge in [-0.1, -0.05) is 33.1 Å². The smallest absolute Gasteiger partial charge is 0.326 e. The molecule has 0 aliphatic carbocycles. The van der Waals surface area contributed by atoms with E-state index in [1.54, 1.807) is 30.2 Å². The highest BCUT2D eigenvalue weighted by molar-refractivity contribution is 5.74. The number of carboxylic acids is 1. The molecule has 0 radical (unpaired) electrons. The summed E-state index contributed by atoms with van der Waals surface area (Å²) in [4.78, 5) is 12.9. The zero-order chi connectivity index (χ0) is 12.7. The van der Waals surface area contributed by atoms with Crippen molar-refractivity contribution in [2.75, 3.05) is 0 Å². The van der Waals surface area contributed by atoms with Crippen LogP contribution in [0.5, 0.6) is 0 Å². The lowest BCUT2D eigenvalue weighted by atomic mass is 10.0. The normalized spacial score (nSPS) is 12.8. The Hall–Kier alpha value is -1.51. The summed E-state index contributed by atoms with van der Waals surface area (Å²) in [6, 6.07) is -0.561. The Bertz CT molecular complexity index is 292. The van der Waals surface area contributed by atoms with Crippen LogP contribution in [0.1, 0.15) is 27.2 Å². The van der Waals surface area contributed by atoms with Gasteiger partial charge >= 0.3 is 5.97 Å². The minimum Gasteiger partial charge on any atom is -0.480 e. The molecule has 0 aromatic rings. The van der Waals surface area contributed by atoms with Gasteiger partial charge in [0.1, 0.15) is 6.04 Å². The van der Waals surface area contributed by atoms with Crippen molar-refractivity contribution in [2.24, 2.45) is 5.92 Å². The number of hydrogen-bond acceptors (Lipinski definition) is 2. The van der Waals surface area contributed by atoms with Crippen molar-refractivity contribution in [3.63, 3.8) is 0 Å². The first-order valence-electron chi connectivity index (χ1n) is 5.36. The summed E-state index contributed by atoms with van der Waals surface area (Å²) in [5.74, 6) is -0.509. The lowest BCUT2D eigenvalue weighted by molar-refractivity contribution is -0.142. The molecule has 0 aliphatic rings. The molecule has 0 heterocycles. The molecule has 3 heteroatoms. The fraction of sp³-hybridized carbons (Fsp3) is 0.462. The molecule has 0 spiro atoms. The molecular weight excluding hydrogens is 202 g/mol. The van der Waals surface area contributed by atoms with Crippen LogP contribution in [-0.2, 0) is 4.79 Å². The maximum Gasteiger partial charge on any atom is 0.326 e. The summed E-state index contributed by atoms with van der Waals surface area (Å²) in [6.45, 7) is 13.2. The summed E-state index contributed by atoms with van der Waals surface area (Å²) >= 11 is 0. The van der Waals surface area contributed by atoms with Crippen molar-refractivity contribution >= 4 is 5.97 Å². The zero-order valence-electron chi connectivity index (χ0n) is 10.3. The molecule has 0 saturated carbocycles. The van der Waals surface area contributed by atoms with Crippen LogP contribution < -0.4 is 0 Å². The molecule has 90 valence electrons. The fourth-order valence-electron chi connectivity index (χ4n) is 1.43. The van der Waals surface area contributed by atoms with E-state index in [1.807, 2.05) is 13.8 Å². The average Bonchev–Trinajstić information content (AvgIpc) is 2.15. The molecule has 1 unspecified atom stereocenters. The van der Waals surface area contributed by atoms with E-state index in [0.29, 0.717) is 18.0 Å². The van der Waals surface area contributed by atoms with Gasteiger partial charge in [0.05, 0.1) is 0 Å². The van der Waals surface area contributed by atoms with E-state index in [4.69, 9.17) is 0 Å². The molecule has 0 fully saturated rings. The van der Waals surface area contributed by atoms with Crippen molar-refractivity contribution < 1.29 is 9.90 Å². The van der Waals surface area contributed by atoms with E-state index in [1.165, 1.54) is 0 Å². The van der Waals surface area contributed by atoms with Crippen LogP contribution in [0.2, 0.25) is 0 Å². The Morgan fingerprint density at radius 2 is 2.06 bits per heavy atom. The second-order valence-corrected chi connectivity index (χ2v) is 4.20. The van der Waals surface area contributed by atoms with E-state index in [2.05, 4.69) is 13.2 Å². The van der Waals surface area contributed by atoms with E-state index < -0.39 is 12.0 Å². The predicted octanol–water partition coefficient (Wildman–Crippen LogP) is 3.02. The third kappa shape index (κ3) is 4.82. The maximum atomic E-state index is 11.2. The predicted molar refractivity (Wildman–Crippen MR) is 66.9 cm³/mol. The Labute approximate surface area is 97.8 Å². The fourth-order valence-corrected chi connectivity index (χ4v) is 1.43. The van der Waals surface area contributed by atoms with Crippen LogP contribution in [0.3, 0.4) is 0 Å².